The molecule has 0 unspecified atom stereocenters. The van der Waals surface area contributed by atoms with Crippen LogP contribution in [-0.2, 0) is 15.3 Å². The Bertz CT molecular complexity index is 845. The van der Waals surface area contributed by atoms with Gasteiger partial charge < -0.3 is 10.1 Å². The maximum absolute atomic E-state index is 12.1. The molecule has 0 bridgehead atoms. The minimum Gasteiger partial charge on any atom is -0.449 e. The number of thioether (sulfide) groups is 1. The fourth-order valence-electron chi connectivity index (χ4n) is 2.21. The van der Waals surface area contributed by atoms with Crippen LogP contribution in [0.4, 0.5) is 16.2 Å². The number of hydrogen-bond donors (Lipinski definition) is 2. The summed E-state index contributed by atoms with van der Waals surface area (Å²) in [6, 6.07) is 16.3. The molecule has 0 atom stereocenters. The second-order valence-corrected chi connectivity index (χ2v) is 7.53. The lowest BCUT2D eigenvalue weighted by Crippen LogP contribution is -2.17. The number of anilines is 2. The quantitative estimate of drug-likeness (QED) is 0.677. The molecular weight excluding hydrogens is 374 g/mol. The van der Waals surface area contributed by atoms with E-state index in [2.05, 4.69) is 16.7 Å². The number of amides is 2. The number of rotatable bonds is 8. The minimum absolute atomic E-state index is 0.127. The summed E-state index contributed by atoms with van der Waals surface area (Å²) < 4.78 is 5.08. The number of nitrogens with zero attached hydrogens (tertiary/aromatic N) is 1. The van der Waals surface area contributed by atoms with E-state index in [0.717, 1.165) is 5.56 Å². The van der Waals surface area contributed by atoms with Crippen LogP contribution in [0, 0.1) is 17.2 Å². The van der Waals surface area contributed by atoms with Gasteiger partial charge in [-0.15, -0.1) is 11.8 Å². The number of benzene rings is 2. The molecule has 7 heteroatoms. The number of hydrogen-bond acceptors (Lipinski definition) is 5. The van der Waals surface area contributed by atoms with E-state index < -0.39 is 6.09 Å². The van der Waals surface area contributed by atoms with E-state index in [1.807, 2.05) is 26.0 Å². The Morgan fingerprint density at radius 1 is 1.11 bits per heavy atom. The molecule has 0 radical (unpaired) electrons. The lowest BCUT2D eigenvalue weighted by Gasteiger charge is -2.10. The van der Waals surface area contributed by atoms with Crippen LogP contribution in [0.1, 0.15) is 25.0 Å². The molecule has 6 nitrogen and oxygen atoms in total. The van der Waals surface area contributed by atoms with Gasteiger partial charge in [0.25, 0.3) is 0 Å². The monoisotopic (exact) mass is 397 g/mol. The van der Waals surface area contributed by atoms with E-state index in [1.54, 1.807) is 36.4 Å². The summed E-state index contributed by atoms with van der Waals surface area (Å²) in [7, 11) is 0. The molecule has 0 aliphatic carbocycles. The van der Waals surface area contributed by atoms with Crippen molar-refractivity contribution in [2.75, 3.05) is 23.0 Å². The third-order valence-electron chi connectivity index (χ3n) is 3.53. The van der Waals surface area contributed by atoms with Gasteiger partial charge in [0, 0.05) is 17.1 Å². The smallest absolute Gasteiger partial charge is 0.411 e. The van der Waals surface area contributed by atoms with E-state index in [4.69, 9.17) is 10.00 Å². The van der Waals surface area contributed by atoms with Crippen LogP contribution in [0.2, 0.25) is 0 Å². The van der Waals surface area contributed by atoms with Crippen molar-refractivity contribution in [3.05, 3.63) is 59.7 Å². The van der Waals surface area contributed by atoms with Crippen molar-refractivity contribution in [2.24, 2.45) is 5.92 Å². The highest BCUT2D eigenvalue weighted by Gasteiger charge is 2.07. The molecule has 2 aromatic rings. The summed E-state index contributed by atoms with van der Waals surface area (Å²) in [4.78, 5) is 23.9. The molecule has 0 saturated carbocycles. The van der Waals surface area contributed by atoms with E-state index in [-0.39, 0.29) is 11.8 Å². The number of carbonyl (C=O) groups excluding carboxylic acids is 2. The molecule has 0 saturated heterocycles. The number of nitriles is 1. The predicted molar refractivity (Wildman–Crippen MR) is 112 cm³/mol. The normalized spacial score (nSPS) is 10.2. The van der Waals surface area contributed by atoms with Crippen molar-refractivity contribution in [3.63, 3.8) is 0 Å². The van der Waals surface area contributed by atoms with Gasteiger partial charge >= 0.3 is 6.09 Å². The Morgan fingerprint density at radius 3 is 2.43 bits per heavy atom. The average Bonchev–Trinajstić information content (AvgIpc) is 2.67. The van der Waals surface area contributed by atoms with E-state index in [9.17, 15) is 9.59 Å². The first kappa shape index (κ1) is 21.3. The molecule has 0 aliphatic heterocycles. The first-order valence-electron chi connectivity index (χ1n) is 8.86. The zero-order chi connectivity index (χ0) is 20.4. The molecule has 0 aliphatic rings. The first-order chi connectivity index (χ1) is 13.5. The molecule has 146 valence electrons. The molecule has 0 heterocycles. The Balaban J connectivity index is 1.78. The zero-order valence-electron chi connectivity index (χ0n) is 15.9. The molecule has 2 N–H and O–H groups in total. The van der Waals surface area contributed by atoms with Crippen LogP contribution in [0.25, 0.3) is 0 Å². The third-order valence-corrected chi connectivity index (χ3v) is 4.53. The fraction of sp³-hybridized carbons (Fsp3) is 0.286. The molecule has 2 aromatic carbocycles. The van der Waals surface area contributed by atoms with Crippen LogP contribution < -0.4 is 10.6 Å². The van der Waals surface area contributed by atoms with Crippen molar-refractivity contribution >= 4 is 35.1 Å². The van der Waals surface area contributed by atoms with Gasteiger partial charge in [-0.25, -0.2) is 4.79 Å². The molecule has 0 aromatic heterocycles. The van der Waals surface area contributed by atoms with Crippen molar-refractivity contribution in [1.82, 2.24) is 0 Å². The molecule has 0 spiro atoms. The van der Waals surface area contributed by atoms with E-state index in [0.29, 0.717) is 35.1 Å². The Hall–Kier alpha value is -2.98. The SMILES string of the molecule is CC(C)COC(=O)Nc1cccc(NC(=O)CSCc2ccc(C#N)cc2)c1. The largest absolute Gasteiger partial charge is 0.449 e. The van der Waals surface area contributed by atoms with Crippen molar-refractivity contribution in [3.8, 4) is 6.07 Å². The van der Waals surface area contributed by atoms with Crippen molar-refractivity contribution in [1.29, 1.82) is 5.26 Å². The predicted octanol–water partition coefficient (Wildman–Crippen LogP) is 4.63. The van der Waals surface area contributed by atoms with Crippen molar-refractivity contribution < 1.29 is 14.3 Å². The lowest BCUT2D eigenvalue weighted by atomic mass is 10.2. The summed E-state index contributed by atoms with van der Waals surface area (Å²) in [6.45, 7) is 4.27. The van der Waals surface area contributed by atoms with Crippen LogP contribution in [0.5, 0.6) is 0 Å². The molecule has 0 fully saturated rings. The zero-order valence-corrected chi connectivity index (χ0v) is 16.7. The maximum Gasteiger partial charge on any atom is 0.411 e. The van der Waals surface area contributed by atoms with Gasteiger partial charge in [-0.1, -0.05) is 32.0 Å². The minimum atomic E-state index is -0.518. The van der Waals surface area contributed by atoms with Gasteiger partial charge in [0.15, 0.2) is 0 Å². The number of ether oxygens (including phenoxy) is 1. The van der Waals surface area contributed by atoms with Crippen LogP contribution in [0.3, 0.4) is 0 Å². The fourth-order valence-corrected chi connectivity index (χ4v) is 2.99. The van der Waals surface area contributed by atoms with Gasteiger partial charge in [0.05, 0.1) is 24.0 Å². The summed E-state index contributed by atoms with van der Waals surface area (Å²) in [5.41, 5.74) is 2.83. The average molecular weight is 398 g/mol. The summed E-state index contributed by atoms with van der Waals surface area (Å²) in [5.74, 6) is 1.12. The first-order valence-corrected chi connectivity index (χ1v) is 10.0. The highest BCUT2D eigenvalue weighted by atomic mass is 32.2. The van der Waals surface area contributed by atoms with E-state index in [1.165, 1.54) is 11.8 Å². The van der Waals surface area contributed by atoms with Crippen LogP contribution in [0.15, 0.2) is 48.5 Å². The number of carbonyl (C=O) groups is 2. The van der Waals surface area contributed by atoms with Gasteiger partial charge in [-0.3, -0.25) is 10.1 Å². The van der Waals surface area contributed by atoms with E-state index >= 15 is 0 Å². The van der Waals surface area contributed by atoms with Gasteiger partial charge in [-0.2, -0.15) is 5.26 Å². The summed E-state index contributed by atoms with van der Waals surface area (Å²) in [5, 5.41) is 14.3. The van der Waals surface area contributed by atoms with Gasteiger partial charge in [0.1, 0.15) is 0 Å². The Morgan fingerprint density at radius 2 is 1.79 bits per heavy atom. The standard InChI is InChI=1S/C21H23N3O3S/c1-15(2)12-27-21(26)24-19-5-3-4-18(10-19)23-20(25)14-28-13-17-8-6-16(11-22)7-9-17/h3-10,15H,12-14H2,1-2H3,(H,23,25)(H,24,26). The second-order valence-electron chi connectivity index (χ2n) is 6.55. The lowest BCUT2D eigenvalue weighted by molar-refractivity contribution is -0.113. The third kappa shape index (κ3) is 7.72. The highest BCUT2D eigenvalue weighted by Crippen LogP contribution is 2.17. The van der Waals surface area contributed by atoms with Crippen LogP contribution in [-0.4, -0.2) is 24.4 Å². The molecule has 28 heavy (non-hydrogen) atoms. The Labute approximate surface area is 169 Å². The van der Waals surface area contributed by atoms with Crippen molar-refractivity contribution in [2.45, 2.75) is 19.6 Å². The summed E-state index contributed by atoms with van der Waals surface area (Å²) in [6.07, 6.45) is -0.518. The maximum atomic E-state index is 12.1. The summed E-state index contributed by atoms with van der Waals surface area (Å²) >= 11 is 1.49. The molecule has 2 rings (SSSR count). The van der Waals surface area contributed by atoms with Gasteiger partial charge in [-0.05, 0) is 41.8 Å². The number of nitrogens with one attached hydrogen (secondary N) is 2. The molecule has 2 amide bonds. The second kappa shape index (κ2) is 11.0. The van der Waals surface area contributed by atoms with Crippen LogP contribution >= 0.6 is 11.8 Å². The van der Waals surface area contributed by atoms with Gasteiger partial charge in [0.2, 0.25) is 5.91 Å². The topological polar surface area (TPSA) is 91.2 Å². The highest BCUT2D eigenvalue weighted by molar-refractivity contribution is 7.99. The molecular formula is C21H23N3O3S. The Kier molecular flexibility index (Phi) is 8.37.